The van der Waals surface area contributed by atoms with Gasteiger partial charge in [-0.25, -0.2) is 0 Å². The quantitative estimate of drug-likeness (QED) is 0.414. The summed E-state index contributed by atoms with van der Waals surface area (Å²) < 4.78 is 0. The van der Waals surface area contributed by atoms with Crippen LogP contribution in [0.15, 0.2) is 60.8 Å². The van der Waals surface area contributed by atoms with E-state index in [1.54, 1.807) is 4.90 Å². The first kappa shape index (κ1) is 24.8. The van der Waals surface area contributed by atoms with Crippen molar-refractivity contribution in [1.29, 1.82) is 0 Å². The second kappa shape index (κ2) is 10.9. The van der Waals surface area contributed by atoms with Crippen LogP contribution in [-0.2, 0) is 22.6 Å². The number of rotatable bonds is 10. The Morgan fingerprint density at radius 3 is 2.36 bits per heavy atom. The molecule has 0 unspecified atom stereocenters. The summed E-state index contributed by atoms with van der Waals surface area (Å²) in [6.07, 6.45) is 2.74. The molecule has 176 valence electrons. The number of benzene rings is 2. The molecule has 0 atom stereocenters. The summed E-state index contributed by atoms with van der Waals surface area (Å²) in [6.45, 7) is 8.61. The fraction of sp³-hybridized carbons (Fsp3) is 0.407. The van der Waals surface area contributed by atoms with Gasteiger partial charge < -0.3 is 14.8 Å². The molecule has 1 heterocycles. The van der Waals surface area contributed by atoms with E-state index in [1.165, 1.54) is 10.9 Å². The van der Waals surface area contributed by atoms with Crippen molar-refractivity contribution < 1.29 is 9.59 Å². The Hall–Kier alpha value is -2.79. The molecule has 6 heteroatoms. The molecular formula is C27H34ClN3O2. The third-order valence-electron chi connectivity index (χ3n) is 6.00. The Bertz CT molecular complexity index is 1080. The number of H-pyrrole nitrogens is 1. The Labute approximate surface area is 201 Å². The number of alkyl halides is 1. The van der Waals surface area contributed by atoms with Crippen LogP contribution in [-0.4, -0.2) is 51.6 Å². The molecule has 0 saturated heterocycles. The summed E-state index contributed by atoms with van der Waals surface area (Å²) in [5, 5.41) is 1.17. The van der Waals surface area contributed by atoms with E-state index in [0.717, 1.165) is 17.5 Å². The van der Waals surface area contributed by atoms with Gasteiger partial charge in [0, 0.05) is 42.1 Å². The summed E-state index contributed by atoms with van der Waals surface area (Å²) in [4.78, 5) is 33.4. The van der Waals surface area contributed by atoms with E-state index in [-0.39, 0.29) is 30.3 Å². The molecule has 0 saturated carbocycles. The molecule has 0 spiro atoms. The van der Waals surface area contributed by atoms with E-state index in [1.807, 2.05) is 81.3 Å². The van der Waals surface area contributed by atoms with E-state index < -0.39 is 5.41 Å². The first-order chi connectivity index (χ1) is 15.7. The molecule has 0 bridgehead atoms. The standard InChI is InChI=1S/C27H34ClN3O2/c1-20(2)31(26(33)27(3,4)19-28)18-25(32)30(17-21-10-6-5-7-11-21)15-14-22-16-29-24-13-9-8-12-23(22)24/h5-13,16,20,29H,14-15,17-19H2,1-4H3. The lowest BCUT2D eigenvalue weighted by Gasteiger charge is -2.35. The molecule has 0 radical (unpaired) electrons. The highest BCUT2D eigenvalue weighted by atomic mass is 35.5. The fourth-order valence-electron chi connectivity index (χ4n) is 3.87. The summed E-state index contributed by atoms with van der Waals surface area (Å²) in [6, 6.07) is 18.0. The van der Waals surface area contributed by atoms with Gasteiger partial charge in [-0.05, 0) is 51.3 Å². The van der Waals surface area contributed by atoms with Gasteiger partial charge in [-0.3, -0.25) is 9.59 Å². The number of halogens is 1. The number of para-hydroxylation sites is 1. The van der Waals surface area contributed by atoms with Crippen LogP contribution < -0.4 is 0 Å². The van der Waals surface area contributed by atoms with Crippen molar-refractivity contribution in [3.05, 3.63) is 71.9 Å². The van der Waals surface area contributed by atoms with Gasteiger partial charge >= 0.3 is 0 Å². The third kappa shape index (κ3) is 6.17. The van der Waals surface area contributed by atoms with Gasteiger partial charge in [-0.1, -0.05) is 48.5 Å². The van der Waals surface area contributed by atoms with Gasteiger partial charge in [-0.15, -0.1) is 11.6 Å². The number of fused-ring (bicyclic) bond motifs is 1. The maximum absolute atomic E-state index is 13.5. The van der Waals surface area contributed by atoms with E-state index in [4.69, 9.17) is 11.6 Å². The van der Waals surface area contributed by atoms with E-state index in [2.05, 4.69) is 17.1 Å². The Morgan fingerprint density at radius 2 is 1.70 bits per heavy atom. The van der Waals surface area contributed by atoms with Crippen LogP contribution >= 0.6 is 11.6 Å². The fourth-order valence-corrected chi connectivity index (χ4v) is 3.98. The molecular weight excluding hydrogens is 434 g/mol. The van der Waals surface area contributed by atoms with Crippen LogP contribution in [0.25, 0.3) is 10.9 Å². The average molecular weight is 468 g/mol. The van der Waals surface area contributed by atoms with Gasteiger partial charge in [0.25, 0.3) is 0 Å². The minimum atomic E-state index is -0.722. The zero-order valence-corrected chi connectivity index (χ0v) is 20.7. The molecule has 3 rings (SSSR count). The van der Waals surface area contributed by atoms with Crippen molar-refractivity contribution in [2.24, 2.45) is 5.41 Å². The van der Waals surface area contributed by atoms with Gasteiger partial charge in [0.2, 0.25) is 11.8 Å². The maximum Gasteiger partial charge on any atom is 0.242 e. The number of carbonyl (C=O) groups excluding carboxylic acids is 2. The Kier molecular flexibility index (Phi) is 8.20. The summed E-state index contributed by atoms with van der Waals surface area (Å²) in [7, 11) is 0. The van der Waals surface area contributed by atoms with Crippen molar-refractivity contribution in [1.82, 2.24) is 14.8 Å². The molecule has 2 aromatic carbocycles. The number of hydrogen-bond acceptors (Lipinski definition) is 2. The van der Waals surface area contributed by atoms with Gasteiger partial charge in [-0.2, -0.15) is 0 Å². The monoisotopic (exact) mass is 467 g/mol. The Balaban J connectivity index is 1.80. The van der Waals surface area contributed by atoms with E-state index in [0.29, 0.717) is 13.1 Å². The van der Waals surface area contributed by atoms with Crippen LogP contribution in [0, 0.1) is 5.41 Å². The molecule has 3 aromatic rings. The van der Waals surface area contributed by atoms with Crippen molar-refractivity contribution in [3.8, 4) is 0 Å². The largest absolute Gasteiger partial charge is 0.361 e. The van der Waals surface area contributed by atoms with Crippen LogP contribution in [0.3, 0.4) is 0 Å². The number of carbonyl (C=O) groups is 2. The second-order valence-electron chi connectivity index (χ2n) is 9.45. The van der Waals surface area contributed by atoms with Gasteiger partial charge in [0.15, 0.2) is 0 Å². The molecule has 33 heavy (non-hydrogen) atoms. The molecule has 5 nitrogen and oxygen atoms in total. The van der Waals surface area contributed by atoms with Crippen LogP contribution in [0.5, 0.6) is 0 Å². The summed E-state index contributed by atoms with van der Waals surface area (Å²) >= 11 is 6.05. The number of nitrogens with zero attached hydrogens (tertiary/aromatic N) is 2. The van der Waals surface area contributed by atoms with Crippen molar-refractivity contribution >= 4 is 34.3 Å². The molecule has 0 fully saturated rings. The Morgan fingerprint density at radius 1 is 1.03 bits per heavy atom. The van der Waals surface area contributed by atoms with Crippen LogP contribution in [0.4, 0.5) is 0 Å². The van der Waals surface area contributed by atoms with Crippen molar-refractivity contribution in [3.63, 3.8) is 0 Å². The van der Waals surface area contributed by atoms with Gasteiger partial charge in [0.05, 0.1) is 5.41 Å². The second-order valence-corrected chi connectivity index (χ2v) is 9.72. The molecule has 0 aliphatic carbocycles. The lowest BCUT2D eigenvalue weighted by atomic mass is 9.93. The summed E-state index contributed by atoms with van der Waals surface area (Å²) in [5.41, 5.74) is 2.61. The van der Waals surface area contributed by atoms with Crippen molar-refractivity contribution in [2.75, 3.05) is 19.0 Å². The SMILES string of the molecule is CC(C)N(CC(=O)N(CCc1c[nH]c2ccccc12)Cc1ccccc1)C(=O)C(C)(C)CCl. The first-order valence-corrected chi connectivity index (χ1v) is 12.0. The third-order valence-corrected chi connectivity index (χ3v) is 6.67. The predicted octanol–water partition coefficient (Wildman–Crippen LogP) is 5.24. The number of nitrogens with one attached hydrogen (secondary N) is 1. The zero-order valence-electron chi connectivity index (χ0n) is 20.0. The lowest BCUT2D eigenvalue weighted by Crippen LogP contribution is -2.50. The number of aromatic amines is 1. The zero-order chi connectivity index (χ0) is 24.0. The minimum absolute atomic E-state index is 0.0392. The molecule has 0 aliphatic rings. The van der Waals surface area contributed by atoms with E-state index >= 15 is 0 Å². The number of amides is 2. The number of aromatic nitrogens is 1. The molecule has 0 aliphatic heterocycles. The van der Waals surface area contributed by atoms with Crippen LogP contribution in [0.2, 0.25) is 0 Å². The van der Waals surface area contributed by atoms with Gasteiger partial charge in [0.1, 0.15) is 6.54 Å². The normalized spacial score (nSPS) is 11.7. The predicted molar refractivity (Wildman–Crippen MR) is 135 cm³/mol. The highest BCUT2D eigenvalue weighted by Gasteiger charge is 2.34. The molecule has 2 amide bonds. The number of hydrogen-bond donors (Lipinski definition) is 1. The maximum atomic E-state index is 13.5. The minimum Gasteiger partial charge on any atom is -0.361 e. The lowest BCUT2D eigenvalue weighted by molar-refractivity contribution is -0.147. The molecule has 1 N–H and O–H groups in total. The summed E-state index contributed by atoms with van der Waals surface area (Å²) in [5.74, 6) is 0.0422. The average Bonchev–Trinajstić information content (AvgIpc) is 3.23. The van der Waals surface area contributed by atoms with E-state index in [9.17, 15) is 9.59 Å². The van der Waals surface area contributed by atoms with Crippen molar-refractivity contribution in [2.45, 2.75) is 46.7 Å². The topological polar surface area (TPSA) is 56.4 Å². The highest BCUT2D eigenvalue weighted by Crippen LogP contribution is 2.23. The first-order valence-electron chi connectivity index (χ1n) is 11.5. The molecule has 1 aromatic heterocycles. The highest BCUT2D eigenvalue weighted by molar-refractivity contribution is 6.19. The smallest absolute Gasteiger partial charge is 0.242 e. The van der Waals surface area contributed by atoms with Crippen LogP contribution in [0.1, 0.15) is 38.8 Å².